The molecule has 7 rings (SSSR count). The van der Waals surface area contributed by atoms with Gasteiger partial charge >= 0.3 is 25.7 Å². The molecule has 0 saturated heterocycles. The number of carbonyl (C=O) groups excluding carboxylic acids is 3. The van der Waals surface area contributed by atoms with Crippen molar-refractivity contribution in [3.63, 3.8) is 0 Å². The summed E-state index contributed by atoms with van der Waals surface area (Å²) in [6.45, 7) is 7.14. The predicted molar refractivity (Wildman–Crippen MR) is 230 cm³/mol. The molecule has 0 bridgehead atoms. The fourth-order valence-electron chi connectivity index (χ4n) is 6.04. The molecule has 2 N–H and O–H groups in total. The first-order chi connectivity index (χ1) is 29.6. The zero-order valence-corrected chi connectivity index (χ0v) is 35.8. The van der Waals surface area contributed by atoms with Crippen molar-refractivity contribution in [1.29, 1.82) is 5.41 Å². The van der Waals surface area contributed by atoms with Gasteiger partial charge in [-0.3, -0.25) is 34.7 Å². The van der Waals surface area contributed by atoms with E-state index >= 15 is 0 Å². The average Bonchev–Trinajstić information content (AvgIpc) is 3.58. The zero-order valence-electron chi connectivity index (χ0n) is 33.2. The van der Waals surface area contributed by atoms with E-state index in [0.29, 0.717) is 47.2 Å². The summed E-state index contributed by atoms with van der Waals surface area (Å²) in [5.41, 5.74) is 11.3. The topological polar surface area (TPSA) is 205 Å². The average molecular weight is 960 g/mol. The third-order valence-electron chi connectivity index (χ3n) is 8.75. The Morgan fingerprint density at radius 3 is 1.76 bits per heavy atom. The molecule has 0 radical (unpaired) electrons. The van der Waals surface area contributed by atoms with E-state index in [4.69, 9.17) is 30.8 Å². The van der Waals surface area contributed by atoms with Crippen LogP contribution in [0, 0.1) is 5.41 Å². The van der Waals surface area contributed by atoms with E-state index in [-0.39, 0.29) is 54.3 Å². The van der Waals surface area contributed by atoms with Crippen LogP contribution in [-0.2, 0) is 39.3 Å². The Labute approximate surface area is 375 Å². The van der Waals surface area contributed by atoms with Crippen LogP contribution in [0.15, 0.2) is 116 Å². The number of ether oxygens (including phenoxy) is 3. The number of allylic oxidation sites excluding steroid dienone is 1. The number of rotatable bonds is 11. The van der Waals surface area contributed by atoms with Gasteiger partial charge in [-0.05, 0) is 59.5 Å². The second-order valence-electron chi connectivity index (χ2n) is 13.7. The fourth-order valence-corrected chi connectivity index (χ4v) is 6.04. The molecular formula is C44H33F3N8O6RuS. The van der Waals surface area contributed by atoms with Crippen LogP contribution in [0.5, 0.6) is 17.2 Å². The van der Waals surface area contributed by atoms with E-state index < -0.39 is 17.6 Å². The monoisotopic (exact) mass is 960 g/mol. The van der Waals surface area contributed by atoms with E-state index in [9.17, 15) is 27.6 Å². The van der Waals surface area contributed by atoms with Gasteiger partial charge in [0.05, 0.1) is 39.5 Å². The predicted octanol–water partition coefficient (Wildman–Crippen LogP) is 9.92. The van der Waals surface area contributed by atoms with Crippen molar-refractivity contribution in [2.75, 3.05) is 0 Å². The van der Waals surface area contributed by atoms with Crippen LogP contribution in [0.3, 0.4) is 0 Å². The molecule has 0 amide bonds. The van der Waals surface area contributed by atoms with Crippen LogP contribution in [-0.4, -0.2) is 61.0 Å². The minimum atomic E-state index is -4.82. The van der Waals surface area contributed by atoms with Crippen LogP contribution in [0.1, 0.15) is 32.0 Å². The van der Waals surface area contributed by atoms with Crippen LogP contribution < -0.4 is 14.2 Å². The molecule has 0 aliphatic heterocycles. The number of thiocarbonyl (C=S) groups is 1. The van der Waals surface area contributed by atoms with E-state index in [1.54, 1.807) is 6.07 Å². The molecule has 320 valence electrons. The minimum absolute atomic E-state index is 0. The molecule has 0 unspecified atom stereocenters. The Balaban J connectivity index is 0.000000260. The summed E-state index contributed by atoms with van der Waals surface area (Å²) >= 11 is 3.70. The molecule has 0 aliphatic rings. The van der Waals surface area contributed by atoms with Crippen molar-refractivity contribution in [2.24, 2.45) is 0 Å². The summed E-state index contributed by atoms with van der Waals surface area (Å²) in [5.74, 6) is 0.760. The molecule has 19 heteroatoms. The van der Waals surface area contributed by atoms with Crippen LogP contribution in [0.2, 0.25) is 0 Å². The number of halogens is 3. The number of benzene rings is 2. The Bertz CT molecular complexity index is 2770. The first-order valence-electron chi connectivity index (χ1n) is 18.0. The molecule has 0 aliphatic carbocycles. The second kappa shape index (κ2) is 21.5. The van der Waals surface area contributed by atoms with Crippen molar-refractivity contribution >= 4 is 70.0 Å². The Morgan fingerprint density at radius 1 is 0.746 bits per heavy atom. The van der Waals surface area contributed by atoms with Crippen LogP contribution in [0.25, 0.3) is 67.1 Å². The molecule has 5 heterocycles. The first kappa shape index (κ1) is 48.3. The van der Waals surface area contributed by atoms with E-state index in [2.05, 4.69) is 52.9 Å². The van der Waals surface area contributed by atoms with Gasteiger partial charge in [-0.25, -0.2) is 4.98 Å². The first-order valence-corrected chi connectivity index (χ1v) is 18.4. The number of fused-ring (bicyclic) bond motifs is 3. The maximum Gasteiger partial charge on any atom is 2.00 e. The normalized spacial score (nSPS) is 11.0. The van der Waals surface area contributed by atoms with Gasteiger partial charge < -0.3 is 29.9 Å². The summed E-state index contributed by atoms with van der Waals surface area (Å²) < 4.78 is 55.3. The Morgan fingerprint density at radius 2 is 1.25 bits per heavy atom. The number of hydrogen-bond acceptors (Lipinski definition) is 12. The number of para-hydroxylation sites is 1. The maximum absolute atomic E-state index is 12.9. The van der Waals surface area contributed by atoms with Crippen molar-refractivity contribution < 1.29 is 61.2 Å². The number of aromatic nitrogens is 5. The molecule has 0 atom stereocenters. The van der Waals surface area contributed by atoms with Gasteiger partial charge in [0.25, 0.3) is 19.4 Å². The van der Waals surface area contributed by atoms with Gasteiger partial charge in [0.1, 0.15) is 23.0 Å². The van der Waals surface area contributed by atoms with Crippen molar-refractivity contribution in [3.05, 3.63) is 138 Å². The zero-order chi connectivity index (χ0) is 45.0. The largest absolute Gasteiger partial charge is 2.00 e. The van der Waals surface area contributed by atoms with Crippen molar-refractivity contribution in [2.45, 2.75) is 32.4 Å². The van der Waals surface area contributed by atoms with E-state index in [1.165, 1.54) is 60.1 Å². The Kier molecular flexibility index (Phi) is 16.5. The molecule has 0 saturated carbocycles. The van der Waals surface area contributed by atoms with Crippen molar-refractivity contribution in [3.8, 4) is 45.7 Å². The fraction of sp³-hybridized carbons (Fsp3) is 0.114. The number of pyridine rings is 4. The molecule has 7 aromatic rings. The van der Waals surface area contributed by atoms with E-state index in [0.717, 1.165) is 27.7 Å². The van der Waals surface area contributed by atoms with E-state index in [1.807, 2.05) is 53.1 Å². The third kappa shape index (κ3) is 11.9. The van der Waals surface area contributed by atoms with Gasteiger partial charge in [0, 0.05) is 59.3 Å². The molecular weight excluding hydrogens is 927 g/mol. The summed E-state index contributed by atoms with van der Waals surface area (Å²) in [5, 5.41) is 17.2. The van der Waals surface area contributed by atoms with Crippen LogP contribution >= 0.6 is 12.2 Å². The standard InChI is InChI=1S/C25H22F3N4.C18H11N3O6.CNS.Ru/c1-24(2,3)15-9-10-19-17(13-15)22-20(32(19)16-7-5-4-6-8-16)11-12-31-23(22)18(29)14-21(30)25(26,27)28;22-9-25-12-1-3-19-15(5-12)17-7-14(27-11-24)8-18(21-17)16-6-13(26-10-23)2-4-20-16;2-1-3;/h4-14,29-30H,1-3H3;1-11H;;/q-1;;-1;+2/b18-14-,30-21?;;;. The minimum Gasteiger partial charge on any atom is -0.753 e. The molecule has 5 aromatic heterocycles. The van der Waals surface area contributed by atoms with Gasteiger partial charge in [0.2, 0.25) is 0 Å². The number of alkyl halides is 3. The van der Waals surface area contributed by atoms with Gasteiger partial charge in [-0.2, -0.15) is 18.3 Å². The number of isothiocyanates is 1. The third-order valence-corrected chi connectivity index (χ3v) is 8.75. The number of nitrogens with zero attached hydrogens (tertiary/aromatic N) is 6. The van der Waals surface area contributed by atoms with Crippen LogP contribution in [0.4, 0.5) is 13.2 Å². The maximum atomic E-state index is 12.9. The SMILES string of the molecule is CC(C)(C)c1ccc2c(c1)c1c(/C([NH-])=C/C(=N)C(F)(F)F)nccc1n2-c1ccccc1.O=COc1ccnc(-c2cc(OC=O)cc(-c3cc(OC=O)ccn3)n2)c1.[N-]=C=S.[Ru+2]. The molecule has 0 spiro atoms. The van der Waals surface area contributed by atoms with Gasteiger partial charge in [0.15, 0.2) is 0 Å². The molecule has 63 heavy (non-hydrogen) atoms. The molecule has 14 nitrogen and oxygen atoms in total. The Hall–Kier alpha value is -7.33. The number of nitrogens with one attached hydrogen (secondary N) is 2. The number of hydrogen-bond donors (Lipinski definition) is 1. The van der Waals surface area contributed by atoms with Crippen molar-refractivity contribution in [1.82, 2.24) is 24.5 Å². The quantitative estimate of drug-likeness (QED) is 0.0559. The van der Waals surface area contributed by atoms with Gasteiger partial charge in [-0.1, -0.05) is 57.3 Å². The summed E-state index contributed by atoms with van der Waals surface area (Å²) in [6, 6.07) is 26.5. The van der Waals surface area contributed by atoms with Gasteiger partial charge in [-0.15, -0.1) is 5.70 Å². The smallest absolute Gasteiger partial charge is 0.753 e. The number of carbonyl (C=O) groups is 3. The second-order valence-corrected chi connectivity index (χ2v) is 13.9. The summed E-state index contributed by atoms with van der Waals surface area (Å²) in [6.07, 6.45) is 0.0676. The summed E-state index contributed by atoms with van der Waals surface area (Å²) in [7, 11) is 0. The molecule has 2 aromatic carbocycles. The summed E-state index contributed by atoms with van der Waals surface area (Å²) in [4.78, 5) is 48.9. The molecule has 0 fully saturated rings.